The van der Waals surface area contributed by atoms with Crippen LogP contribution < -0.4 is 0 Å². The zero-order valence-corrected chi connectivity index (χ0v) is 14.2. The third-order valence-corrected chi connectivity index (χ3v) is 8.86. The molecule has 0 aromatic rings. The molecule has 0 heterocycles. The molecule has 0 amide bonds. The Bertz CT molecular complexity index is 286. The lowest BCUT2D eigenvalue weighted by Crippen LogP contribution is -2.44. The first kappa shape index (κ1) is 18.5. The Labute approximate surface area is 118 Å². The summed E-state index contributed by atoms with van der Waals surface area (Å²) in [5, 5.41) is 9.85. The van der Waals surface area contributed by atoms with Crippen molar-refractivity contribution in [1.82, 2.24) is 4.31 Å². The lowest BCUT2D eigenvalue weighted by Gasteiger charge is -2.37. The average molecular weight is 318 g/mol. The Morgan fingerprint density at radius 1 is 1.44 bits per heavy atom. The summed E-state index contributed by atoms with van der Waals surface area (Å²) in [6.07, 6.45) is -0.825. The fraction of sp³-hybridized carbons (Fsp3) is 1.00. The van der Waals surface area contributed by atoms with Gasteiger partial charge in [-0.3, -0.25) is 4.55 Å². The molecule has 0 radical (unpaired) electrons. The highest BCUT2D eigenvalue weighted by molar-refractivity contribution is 7.76. The van der Waals surface area contributed by atoms with Crippen LogP contribution in [0.5, 0.6) is 0 Å². The number of rotatable bonds is 7. The van der Waals surface area contributed by atoms with Gasteiger partial charge in [-0.1, -0.05) is 20.8 Å². The number of aliphatic hydroxyl groups excluding tert-OH is 1. The van der Waals surface area contributed by atoms with Crippen LogP contribution in [0.15, 0.2) is 0 Å². The monoisotopic (exact) mass is 317 g/mol. The van der Waals surface area contributed by atoms with E-state index in [4.69, 9.17) is 20.6 Å². The van der Waals surface area contributed by atoms with Crippen molar-refractivity contribution in [1.29, 1.82) is 0 Å². The minimum Gasteiger partial charge on any atom is -0.414 e. The Hall–Kier alpha value is 0.497. The molecule has 0 aromatic carbocycles. The fourth-order valence-electron chi connectivity index (χ4n) is 0.963. The van der Waals surface area contributed by atoms with Crippen LogP contribution in [0.1, 0.15) is 20.8 Å². The van der Waals surface area contributed by atoms with Gasteiger partial charge in [0.1, 0.15) is 0 Å². The molecule has 18 heavy (non-hydrogen) atoms. The Morgan fingerprint density at radius 2 is 1.94 bits per heavy atom. The van der Waals surface area contributed by atoms with Crippen LogP contribution in [-0.4, -0.2) is 51.8 Å². The number of halogens is 1. The van der Waals surface area contributed by atoms with Crippen molar-refractivity contribution in [3.63, 3.8) is 0 Å². The van der Waals surface area contributed by atoms with E-state index in [0.717, 1.165) is 4.31 Å². The van der Waals surface area contributed by atoms with Crippen LogP contribution >= 0.6 is 11.6 Å². The molecule has 110 valence electrons. The molecule has 0 saturated heterocycles. The molecule has 2 atom stereocenters. The van der Waals surface area contributed by atoms with Crippen molar-refractivity contribution in [3.8, 4) is 0 Å². The first-order valence-electron chi connectivity index (χ1n) is 5.75. The predicted molar refractivity (Wildman–Crippen MR) is 77.4 cm³/mol. The average Bonchev–Trinajstić information content (AvgIpc) is 2.21. The molecular weight excluding hydrogens is 294 g/mol. The Kier molecular flexibility index (Phi) is 7.53. The van der Waals surface area contributed by atoms with Crippen LogP contribution in [0.2, 0.25) is 18.1 Å². The quantitative estimate of drug-likeness (QED) is 0.326. The Morgan fingerprint density at radius 3 is 2.28 bits per heavy atom. The molecule has 5 nitrogen and oxygen atoms in total. The van der Waals surface area contributed by atoms with Gasteiger partial charge >= 0.3 is 0 Å². The largest absolute Gasteiger partial charge is 0.414 e. The highest BCUT2D eigenvalue weighted by atomic mass is 35.5. The maximum absolute atomic E-state index is 10.8. The summed E-state index contributed by atoms with van der Waals surface area (Å²) in [7, 11) is -1.91. The number of nitrogens with zero attached hydrogens (tertiary/aromatic N) is 1. The van der Waals surface area contributed by atoms with E-state index in [9.17, 15) is 9.32 Å². The number of hydrogen-bond donors (Lipinski definition) is 2. The number of hydrogen-bond acceptors (Lipinski definition) is 3. The molecular formula is C10H24ClNO4SSi. The van der Waals surface area contributed by atoms with Crippen LogP contribution in [0.25, 0.3) is 0 Å². The molecule has 0 aliphatic carbocycles. The highest BCUT2D eigenvalue weighted by Gasteiger charge is 2.37. The van der Waals surface area contributed by atoms with Gasteiger partial charge in [-0.25, -0.2) is 4.21 Å². The predicted octanol–water partition coefficient (Wildman–Crippen LogP) is 2.00. The third-order valence-electron chi connectivity index (χ3n) is 3.21. The van der Waals surface area contributed by atoms with E-state index in [1.54, 1.807) is 0 Å². The molecule has 0 spiro atoms. The second kappa shape index (κ2) is 7.32. The molecule has 0 bridgehead atoms. The van der Waals surface area contributed by atoms with E-state index in [1.165, 1.54) is 0 Å². The van der Waals surface area contributed by atoms with Crippen molar-refractivity contribution >= 4 is 31.2 Å². The van der Waals surface area contributed by atoms with Gasteiger partial charge in [0, 0.05) is 6.54 Å². The van der Waals surface area contributed by atoms with Gasteiger partial charge in [-0.05, 0) is 18.1 Å². The fourth-order valence-corrected chi connectivity index (χ4v) is 2.74. The summed E-state index contributed by atoms with van der Waals surface area (Å²) in [5.74, 6) is 0. The molecule has 0 rings (SSSR count). The van der Waals surface area contributed by atoms with Gasteiger partial charge in [-0.15, -0.1) is 11.6 Å². The molecule has 0 aliphatic rings. The van der Waals surface area contributed by atoms with E-state index in [1.807, 2.05) is 0 Å². The molecule has 8 heteroatoms. The summed E-state index contributed by atoms with van der Waals surface area (Å²) in [6.45, 7) is 10.7. The lowest BCUT2D eigenvalue weighted by molar-refractivity contribution is 0.0856. The van der Waals surface area contributed by atoms with Crippen LogP contribution in [0, 0.1) is 0 Å². The second-order valence-corrected chi connectivity index (χ2v) is 11.8. The molecule has 2 unspecified atom stereocenters. The van der Waals surface area contributed by atoms with Crippen molar-refractivity contribution in [2.45, 2.75) is 45.0 Å². The van der Waals surface area contributed by atoms with Crippen molar-refractivity contribution < 1.29 is 18.3 Å². The molecule has 0 fully saturated rings. The van der Waals surface area contributed by atoms with Gasteiger partial charge in [0.2, 0.25) is 11.3 Å². The second-order valence-electron chi connectivity index (χ2n) is 5.74. The van der Waals surface area contributed by atoms with Gasteiger partial charge in [-0.2, -0.15) is 4.31 Å². The summed E-state index contributed by atoms with van der Waals surface area (Å²) >= 11 is 3.33. The maximum Gasteiger partial charge on any atom is 0.235 e. The zero-order valence-electron chi connectivity index (χ0n) is 11.6. The lowest BCUT2D eigenvalue weighted by atomic mass is 10.2. The van der Waals surface area contributed by atoms with E-state index in [0.29, 0.717) is 0 Å². The highest BCUT2D eigenvalue weighted by Crippen LogP contribution is 2.36. The standard InChI is InChI=1S/C10H24ClNO4SSi/c1-10(2,3)18(4,5)16-7-9(13)6-12(8-11)17(14)15/h9,13H,6-8H2,1-5H3,(H,14,15). The molecule has 0 aliphatic heterocycles. The topological polar surface area (TPSA) is 70.0 Å². The zero-order chi connectivity index (χ0) is 14.6. The molecule has 0 aromatic heterocycles. The summed E-state index contributed by atoms with van der Waals surface area (Å²) in [6, 6.07) is -0.111. The van der Waals surface area contributed by atoms with Crippen molar-refractivity contribution in [2.75, 3.05) is 19.2 Å². The van der Waals surface area contributed by atoms with Gasteiger partial charge < -0.3 is 9.53 Å². The van der Waals surface area contributed by atoms with E-state index in [2.05, 4.69) is 33.9 Å². The van der Waals surface area contributed by atoms with E-state index in [-0.39, 0.29) is 24.2 Å². The summed E-state index contributed by atoms with van der Waals surface area (Å²) in [4.78, 5) is 0. The van der Waals surface area contributed by atoms with Crippen molar-refractivity contribution in [2.24, 2.45) is 0 Å². The van der Waals surface area contributed by atoms with Gasteiger partial charge in [0.15, 0.2) is 8.32 Å². The van der Waals surface area contributed by atoms with Crippen LogP contribution in [0.4, 0.5) is 0 Å². The van der Waals surface area contributed by atoms with Crippen LogP contribution in [0.3, 0.4) is 0 Å². The minimum atomic E-state index is -2.17. The summed E-state index contributed by atoms with van der Waals surface area (Å²) in [5.41, 5.74) is 0. The van der Waals surface area contributed by atoms with Gasteiger partial charge in [0.25, 0.3) is 0 Å². The smallest absolute Gasteiger partial charge is 0.235 e. The Balaban J connectivity index is 4.27. The molecule has 0 saturated carbocycles. The van der Waals surface area contributed by atoms with Gasteiger partial charge in [0.05, 0.1) is 18.7 Å². The third kappa shape index (κ3) is 6.09. The summed E-state index contributed by atoms with van der Waals surface area (Å²) < 4.78 is 26.6. The maximum atomic E-state index is 10.8. The normalized spacial score (nSPS) is 16.9. The first-order valence-corrected chi connectivity index (χ1v) is 10.3. The van der Waals surface area contributed by atoms with E-state index >= 15 is 0 Å². The number of aliphatic hydroxyl groups is 1. The van der Waals surface area contributed by atoms with Crippen molar-refractivity contribution in [3.05, 3.63) is 0 Å². The number of alkyl halides is 1. The first-order chi connectivity index (χ1) is 8.01. The molecule has 2 N–H and O–H groups in total. The minimum absolute atomic E-state index is 0.0151. The SMILES string of the molecule is CC(C)(C)[Si](C)(C)OCC(O)CN(CCl)S(=O)O. The van der Waals surface area contributed by atoms with E-state index < -0.39 is 25.7 Å². The van der Waals surface area contributed by atoms with Crippen LogP contribution in [-0.2, 0) is 15.7 Å².